The van der Waals surface area contributed by atoms with Gasteiger partial charge in [-0.05, 0) is 38.3 Å². The molecule has 1 fully saturated rings. The normalized spacial score (nSPS) is 15.2. The van der Waals surface area contributed by atoms with Gasteiger partial charge in [0, 0.05) is 24.2 Å². The van der Waals surface area contributed by atoms with Gasteiger partial charge in [-0.1, -0.05) is 25.9 Å². The van der Waals surface area contributed by atoms with Gasteiger partial charge in [0.05, 0.1) is 16.6 Å². The van der Waals surface area contributed by atoms with E-state index in [4.69, 9.17) is 4.52 Å². The highest BCUT2D eigenvalue weighted by Crippen LogP contribution is 2.41. The minimum atomic E-state index is -0.0841. The van der Waals surface area contributed by atoms with Crippen molar-refractivity contribution in [2.75, 3.05) is 13.1 Å². The van der Waals surface area contributed by atoms with Gasteiger partial charge in [-0.15, -0.1) is 12.4 Å². The van der Waals surface area contributed by atoms with Crippen LogP contribution in [0, 0.1) is 0 Å². The molecule has 1 atom stereocenters. The van der Waals surface area contributed by atoms with Crippen LogP contribution in [0.4, 0.5) is 0 Å². The molecule has 2 aromatic heterocycles. The second kappa shape index (κ2) is 8.15. The molecule has 25 heavy (non-hydrogen) atoms. The van der Waals surface area contributed by atoms with E-state index in [1.807, 2.05) is 19.9 Å². The number of pyridine rings is 1. The maximum absolute atomic E-state index is 12.8. The Kier molecular flexibility index (Phi) is 6.41. The maximum atomic E-state index is 12.8. The van der Waals surface area contributed by atoms with E-state index in [0.717, 1.165) is 36.2 Å². The van der Waals surface area contributed by atoms with Crippen molar-refractivity contribution in [1.29, 1.82) is 0 Å². The van der Waals surface area contributed by atoms with Crippen LogP contribution in [0.25, 0.3) is 11.1 Å². The minimum Gasteiger partial charge on any atom is -0.350 e. The van der Waals surface area contributed by atoms with Gasteiger partial charge in [-0.2, -0.15) is 0 Å². The maximum Gasteiger partial charge on any atom is 0.259 e. The summed E-state index contributed by atoms with van der Waals surface area (Å²) in [6, 6.07) is 2.15. The molecular formula is C18H27ClN4O2. The van der Waals surface area contributed by atoms with Crippen molar-refractivity contribution in [2.24, 2.45) is 0 Å². The average molecular weight is 367 g/mol. The summed E-state index contributed by atoms with van der Waals surface area (Å²) in [5.41, 5.74) is 2.85. The molecule has 2 aromatic rings. The lowest BCUT2D eigenvalue weighted by Crippen LogP contribution is -2.38. The fourth-order valence-electron chi connectivity index (χ4n) is 2.92. The van der Waals surface area contributed by atoms with E-state index in [0.29, 0.717) is 23.7 Å². The van der Waals surface area contributed by atoms with E-state index in [9.17, 15) is 4.79 Å². The molecule has 0 radical (unpaired) electrons. The van der Waals surface area contributed by atoms with Crippen molar-refractivity contribution in [1.82, 2.24) is 20.8 Å². The van der Waals surface area contributed by atoms with Gasteiger partial charge in [0.1, 0.15) is 0 Å². The Labute approximate surface area is 154 Å². The molecule has 1 aliphatic carbocycles. The molecule has 1 amide bonds. The number of carbonyl (C=O) groups excluding carboxylic acids is 1. The topological polar surface area (TPSA) is 80.0 Å². The van der Waals surface area contributed by atoms with E-state index in [1.165, 1.54) is 0 Å². The largest absolute Gasteiger partial charge is 0.350 e. The van der Waals surface area contributed by atoms with Crippen LogP contribution < -0.4 is 10.6 Å². The predicted molar refractivity (Wildman–Crippen MR) is 101 cm³/mol. The number of rotatable bonds is 7. The smallest absolute Gasteiger partial charge is 0.259 e. The van der Waals surface area contributed by atoms with Gasteiger partial charge < -0.3 is 15.2 Å². The van der Waals surface area contributed by atoms with Gasteiger partial charge in [-0.3, -0.25) is 4.79 Å². The lowest BCUT2D eigenvalue weighted by molar-refractivity contribution is 0.0951. The zero-order chi connectivity index (χ0) is 17.3. The van der Waals surface area contributed by atoms with Crippen molar-refractivity contribution >= 4 is 29.4 Å². The third-order valence-electron chi connectivity index (χ3n) is 4.40. The van der Waals surface area contributed by atoms with Crippen LogP contribution in [0.5, 0.6) is 0 Å². The molecule has 0 saturated heterocycles. The number of fused-ring (bicyclic) bond motifs is 1. The molecule has 0 bridgehead atoms. The van der Waals surface area contributed by atoms with Crippen molar-refractivity contribution in [2.45, 2.75) is 58.4 Å². The molecule has 1 aliphatic rings. The number of carbonyl (C=O) groups is 1. The standard InChI is InChI=1S/C18H26N4O2.ClH/c1-5-19-11(4)9-20-17(23)13-8-14(12-6-7-12)21-18-15(13)16(10(2)3)22-24-18;/h8,10-12,19H,5-7,9H2,1-4H3,(H,20,23);1H/t11-;/m1./s1. The molecule has 6 nitrogen and oxygen atoms in total. The summed E-state index contributed by atoms with van der Waals surface area (Å²) in [5.74, 6) is 0.542. The first kappa shape index (κ1) is 19.7. The fourth-order valence-corrected chi connectivity index (χ4v) is 2.92. The fraction of sp³-hybridized carbons (Fsp3) is 0.611. The number of hydrogen-bond acceptors (Lipinski definition) is 5. The van der Waals surface area contributed by atoms with E-state index in [1.54, 1.807) is 0 Å². The second-order valence-corrected chi connectivity index (χ2v) is 6.94. The van der Waals surface area contributed by atoms with Crippen molar-refractivity contribution in [3.05, 3.63) is 23.0 Å². The number of nitrogens with one attached hydrogen (secondary N) is 2. The highest BCUT2D eigenvalue weighted by molar-refractivity contribution is 6.06. The summed E-state index contributed by atoms with van der Waals surface area (Å²) >= 11 is 0. The molecule has 2 N–H and O–H groups in total. The monoisotopic (exact) mass is 366 g/mol. The predicted octanol–water partition coefficient (Wildman–Crippen LogP) is 3.37. The zero-order valence-electron chi connectivity index (χ0n) is 15.3. The highest BCUT2D eigenvalue weighted by atomic mass is 35.5. The van der Waals surface area contributed by atoms with E-state index in [2.05, 4.69) is 34.6 Å². The molecule has 2 heterocycles. The Balaban J connectivity index is 0.00000225. The van der Waals surface area contributed by atoms with Crippen LogP contribution in [0.15, 0.2) is 10.6 Å². The Morgan fingerprint density at radius 3 is 2.68 bits per heavy atom. The SMILES string of the molecule is CCN[C@H](C)CNC(=O)c1cc(C2CC2)nc2onc(C(C)C)c12.Cl. The average Bonchev–Trinajstić information content (AvgIpc) is 3.31. The van der Waals surface area contributed by atoms with Crippen molar-refractivity contribution < 1.29 is 9.32 Å². The van der Waals surface area contributed by atoms with E-state index < -0.39 is 0 Å². The minimum absolute atomic E-state index is 0. The van der Waals surface area contributed by atoms with Gasteiger partial charge in [0.2, 0.25) is 0 Å². The molecule has 0 aromatic carbocycles. The van der Waals surface area contributed by atoms with Crippen LogP contribution in [-0.4, -0.2) is 35.2 Å². The van der Waals surface area contributed by atoms with Crippen LogP contribution in [-0.2, 0) is 0 Å². The first-order valence-corrected chi connectivity index (χ1v) is 8.83. The molecular weight excluding hydrogens is 340 g/mol. The highest BCUT2D eigenvalue weighted by Gasteiger charge is 2.29. The Hall–Kier alpha value is -1.66. The van der Waals surface area contributed by atoms with E-state index in [-0.39, 0.29) is 30.3 Å². The number of aromatic nitrogens is 2. The van der Waals surface area contributed by atoms with Crippen molar-refractivity contribution in [3.8, 4) is 0 Å². The molecule has 1 saturated carbocycles. The van der Waals surface area contributed by atoms with Crippen LogP contribution in [0.3, 0.4) is 0 Å². The molecule has 7 heteroatoms. The Morgan fingerprint density at radius 1 is 1.36 bits per heavy atom. The zero-order valence-corrected chi connectivity index (χ0v) is 16.1. The number of hydrogen-bond donors (Lipinski definition) is 2. The number of halogens is 1. The number of likely N-dealkylation sites (N-methyl/N-ethyl adjacent to an activating group) is 1. The Bertz CT molecular complexity index is 740. The molecule has 0 unspecified atom stereocenters. The van der Waals surface area contributed by atoms with E-state index >= 15 is 0 Å². The summed E-state index contributed by atoms with van der Waals surface area (Å²) < 4.78 is 5.43. The van der Waals surface area contributed by atoms with Gasteiger partial charge in [0.15, 0.2) is 0 Å². The summed E-state index contributed by atoms with van der Waals surface area (Å²) in [5, 5.41) is 11.2. The second-order valence-electron chi connectivity index (χ2n) is 6.94. The summed E-state index contributed by atoms with van der Waals surface area (Å²) in [6.45, 7) is 9.66. The van der Waals surface area contributed by atoms with Gasteiger partial charge in [-0.25, -0.2) is 4.98 Å². The first-order chi connectivity index (χ1) is 11.5. The number of amides is 1. The summed E-state index contributed by atoms with van der Waals surface area (Å²) in [4.78, 5) is 17.4. The molecule has 138 valence electrons. The quantitative estimate of drug-likeness (QED) is 0.785. The van der Waals surface area contributed by atoms with Crippen LogP contribution in [0.2, 0.25) is 0 Å². The van der Waals surface area contributed by atoms with Crippen molar-refractivity contribution in [3.63, 3.8) is 0 Å². The first-order valence-electron chi connectivity index (χ1n) is 8.83. The molecule has 3 rings (SSSR count). The third kappa shape index (κ3) is 4.30. The lowest BCUT2D eigenvalue weighted by atomic mass is 10.0. The summed E-state index contributed by atoms with van der Waals surface area (Å²) in [6.07, 6.45) is 2.25. The molecule has 0 spiro atoms. The Morgan fingerprint density at radius 2 is 2.08 bits per heavy atom. The van der Waals surface area contributed by atoms with Crippen LogP contribution in [0.1, 0.15) is 74.1 Å². The van der Waals surface area contributed by atoms with Gasteiger partial charge >= 0.3 is 0 Å². The number of nitrogens with zero attached hydrogens (tertiary/aromatic N) is 2. The van der Waals surface area contributed by atoms with Gasteiger partial charge in [0.25, 0.3) is 11.6 Å². The lowest BCUT2D eigenvalue weighted by Gasteiger charge is -2.14. The molecule has 0 aliphatic heterocycles. The third-order valence-corrected chi connectivity index (χ3v) is 4.40. The van der Waals surface area contributed by atoms with Crippen LogP contribution >= 0.6 is 12.4 Å². The summed E-state index contributed by atoms with van der Waals surface area (Å²) in [7, 11) is 0.